The number of hydrogen-bond donors (Lipinski definition) is 1. The molecule has 1 aliphatic rings. The van der Waals surface area contributed by atoms with E-state index in [2.05, 4.69) is 23.7 Å². The smallest absolute Gasteiger partial charge is 0.211 e. The van der Waals surface area contributed by atoms with Crippen LogP contribution in [0.15, 0.2) is 34.9 Å². The Bertz CT molecular complexity index is 626. The van der Waals surface area contributed by atoms with E-state index in [1.807, 2.05) is 24.3 Å². The summed E-state index contributed by atoms with van der Waals surface area (Å²) in [5.41, 5.74) is 0.961. The summed E-state index contributed by atoms with van der Waals surface area (Å²) in [5.74, 6) is 1.79. The summed E-state index contributed by atoms with van der Waals surface area (Å²) in [6, 6.07) is 7.58. The number of aliphatic hydroxyl groups is 1. The monoisotopic (exact) mass is 320 g/mol. The molecule has 2 aromatic rings. The first kappa shape index (κ1) is 15.5. The van der Waals surface area contributed by atoms with Gasteiger partial charge in [0.25, 0.3) is 0 Å². The molecule has 5 heteroatoms. The standard InChI is InChI=1S/C17H21ClN2O2/c1-11-7-8-20(10-15(11)21)12(2)17-19-9-16(22-17)13-3-5-14(18)6-4-13/h3-6,9,11-12,15,21H,7-8,10H2,1-2H3. The maximum absolute atomic E-state index is 10.0. The number of aliphatic hydroxyl groups excluding tert-OH is 1. The lowest BCUT2D eigenvalue weighted by atomic mass is 9.95. The third-order valence-corrected chi connectivity index (χ3v) is 4.76. The summed E-state index contributed by atoms with van der Waals surface area (Å²) < 4.78 is 5.91. The van der Waals surface area contributed by atoms with Crippen molar-refractivity contribution in [2.24, 2.45) is 5.92 Å². The summed E-state index contributed by atoms with van der Waals surface area (Å²) in [6.07, 6.45) is 2.47. The fourth-order valence-electron chi connectivity index (χ4n) is 2.81. The molecule has 1 aromatic heterocycles. The van der Waals surface area contributed by atoms with Crippen LogP contribution in [0, 0.1) is 5.92 Å². The Hall–Kier alpha value is -1.36. The van der Waals surface area contributed by atoms with E-state index in [0.717, 1.165) is 24.3 Å². The summed E-state index contributed by atoms with van der Waals surface area (Å²) in [4.78, 5) is 6.64. The van der Waals surface area contributed by atoms with Gasteiger partial charge in [0, 0.05) is 17.1 Å². The van der Waals surface area contributed by atoms with Crippen LogP contribution in [-0.2, 0) is 0 Å². The average molecular weight is 321 g/mol. The lowest BCUT2D eigenvalue weighted by Gasteiger charge is -2.36. The van der Waals surface area contributed by atoms with Crippen LogP contribution in [0.3, 0.4) is 0 Å². The predicted molar refractivity (Wildman–Crippen MR) is 86.7 cm³/mol. The van der Waals surface area contributed by atoms with Gasteiger partial charge in [-0.3, -0.25) is 4.90 Å². The van der Waals surface area contributed by atoms with Crippen molar-refractivity contribution in [1.29, 1.82) is 0 Å². The maximum atomic E-state index is 10.0. The molecule has 4 nitrogen and oxygen atoms in total. The molecule has 1 saturated heterocycles. The summed E-state index contributed by atoms with van der Waals surface area (Å²) in [6.45, 7) is 5.79. The first-order chi connectivity index (χ1) is 10.5. The van der Waals surface area contributed by atoms with Crippen LogP contribution in [0.1, 0.15) is 32.2 Å². The fourth-order valence-corrected chi connectivity index (χ4v) is 2.94. The Labute approximate surface area is 135 Å². The van der Waals surface area contributed by atoms with Gasteiger partial charge >= 0.3 is 0 Å². The van der Waals surface area contributed by atoms with Crippen LogP contribution in [0.5, 0.6) is 0 Å². The van der Waals surface area contributed by atoms with Gasteiger partial charge in [-0.25, -0.2) is 4.98 Å². The SMILES string of the molecule is CC1CCN(C(C)c2ncc(-c3ccc(Cl)cc3)o2)CC1O. The van der Waals surface area contributed by atoms with Gasteiger partial charge in [-0.1, -0.05) is 18.5 Å². The average Bonchev–Trinajstić information content (AvgIpc) is 3.00. The summed E-state index contributed by atoms with van der Waals surface area (Å²) in [5, 5.41) is 10.8. The molecule has 0 radical (unpaired) electrons. The molecule has 118 valence electrons. The number of piperidine rings is 1. The Morgan fingerprint density at radius 1 is 1.36 bits per heavy atom. The molecule has 0 bridgehead atoms. The van der Waals surface area contributed by atoms with Crippen molar-refractivity contribution >= 4 is 11.6 Å². The maximum Gasteiger partial charge on any atom is 0.211 e. The largest absolute Gasteiger partial charge is 0.439 e. The minimum Gasteiger partial charge on any atom is -0.439 e. The van der Waals surface area contributed by atoms with Gasteiger partial charge in [0.2, 0.25) is 5.89 Å². The van der Waals surface area contributed by atoms with E-state index in [-0.39, 0.29) is 12.1 Å². The van der Waals surface area contributed by atoms with E-state index in [9.17, 15) is 5.11 Å². The topological polar surface area (TPSA) is 49.5 Å². The van der Waals surface area contributed by atoms with E-state index in [0.29, 0.717) is 23.4 Å². The molecule has 1 N–H and O–H groups in total. The van der Waals surface area contributed by atoms with Gasteiger partial charge in [0.05, 0.1) is 18.3 Å². The highest BCUT2D eigenvalue weighted by molar-refractivity contribution is 6.30. The Morgan fingerprint density at radius 3 is 2.77 bits per heavy atom. The first-order valence-electron chi connectivity index (χ1n) is 7.68. The van der Waals surface area contributed by atoms with E-state index in [1.54, 1.807) is 6.20 Å². The minimum atomic E-state index is -0.276. The lowest BCUT2D eigenvalue weighted by molar-refractivity contribution is 0.00822. The van der Waals surface area contributed by atoms with E-state index in [1.165, 1.54) is 0 Å². The quantitative estimate of drug-likeness (QED) is 0.935. The molecule has 1 aliphatic heterocycles. The predicted octanol–water partition coefficient (Wildman–Crippen LogP) is 3.76. The van der Waals surface area contributed by atoms with Gasteiger partial charge in [-0.15, -0.1) is 0 Å². The molecule has 0 aliphatic carbocycles. The Balaban J connectivity index is 1.74. The van der Waals surface area contributed by atoms with Gasteiger partial charge in [0.15, 0.2) is 5.76 Å². The highest BCUT2D eigenvalue weighted by atomic mass is 35.5. The van der Waals surface area contributed by atoms with Crippen molar-refractivity contribution in [2.75, 3.05) is 13.1 Å². The Morgan fingerprint density at radius 2 is 2.09 bits per heavy atom. The molecular formula is C17H21ClN2O2. The number of β-amino-alcohol motifs (C(OH)–C–C–N with tert-alkyl or cyclic N) is 1. The van der Waals surface area contributed by atoms with E-state index in [4.69, 9.17) is 16.0 Å². The Kier molecular flexibility index (Phi) is 4.52. The molecular weight excluding hydrogens is 300 g/mol. The molecule has 0 saturated carbocycles. The van der Waals surface area contributed by atoms with Crippen LogP contribution < -0.4 is 0 Å². The second kappa shape index (κ2) is 6.41. The van der Waals surface area contributed by atoms with Gasteiger partial charge in [-0.2, -0.15) is 0 Å². The summed E-state index contributed by atoms with van der Waals surface area (Å²) in [7, 11) is 0. The highest BCUT2D eigenvalue weighted by Gasteiger charge is 2.29. The zero-order valence-electron chi connectivity index (χ0n) is 12.9. The number of aromatic nitrogens is 1. The van der Waals surface area contributed by atoms with Crippen molar-refractivity contribution in [3.8, 4) is 11.3 Å². The zero-order valence-corrected chi connectivity index (χ0v) is 13.6. The number of nitrogens with zero attached hydrogens (tertiary/aromatic N) is 2. The molecule has 22 heavy (non-hydrogen) atoms. The van der Waals surface area contributed by atoms with Crippen LogP contribution in [0.25, 0.3) is 11.3 Å². The van der Waals surface area contributed by atoms with Crippen LogP contribution >= 0.6 is 11.6 Å². The second-order valence-corrected chi connectivity index (χ2v) is 6.51. The molecule has 3 unspecified atom stereocenters. The zero-order chi connectivity index (χ0) is 15.7. The van der Waals surface area contributed by atoms with Crippen molar-refractivity contribution in [2.45, 2.75) is 32.4 Å². The molecule has 3 atom stereocenters. The van der Waals surface area contributed by atoms with Gasteiger partial charge in [-0.05, 0) is 50.1 Å². The third-order valence-electron chi connectivity index (χ3n) is 4.51. The molecule has 1 fully saturated rings. The van der Waals surface area contributed by atoms with Gasteiger partial charge < -0.3 is 9.52 Å². The summed E-state index contributed by atoms with van der Waals surface area (Å²) >= 11 is 5.91. The molecule has 0 spiro atoms. The minimum absolute atomic E-state index is 0.0585. The van der Waals surface area contributed by atoms with Crippen molar-refractivity contribution in [1.82, 2.24) is 9.88 Å². The molecule has 1 aromatic carbocycles. The van der Waals surface area contributed by atoms with Crippen molar-refractivity contribution < 1.29 is 9.52 Å². The molecule has 3 rings (SSSR count). The van der Waals surface area contributed by atoms with Crippen LogP contribution in [-0.4, -0.2) is 34.2 Å². The number of rotatable bonds is 3. The number of hydrogen-bond acceptors (Lipinski definition) is 4. The van der Waals surface area contributed by atoms with Gasteiger partial charge in [0.1, 0.15) is 0 Å². The van der Waals surface area contributed by atoms with Crippen molar-refractivity contribution in [3.05, 3.63) is 41.4 Å². The number of likely N-dealkylation sites (tertiary alicyclic amines) is 1. The van der Waals surface area contributed by atoms with E-state index < -0.39 is 0 Å². The number of oxazole rings is 1. The normalized spacial score (nSPS) is 24.4. The second-order valence-electron chi connectivity index (χ2n) is 6.07. The highest BCUT2D eigenvalue weighted by Crippen LogP contribution is 2.29. The lowest BCUT2D eigenvalue weighted by Crippen LogP contribution is -2.43. The van der Waals surface area contributed by atoms with Crippen LogP contribution in [0.2, 0.25) is 5.02 Å². The van der Waals surface area contributed by atoms with Crippen molar-refractivity contribution in [3.63, 3.8) is 0 Å². The third kappa shape index (κ3) is 3.19. The number of benzene rings is 1. The van der Waals surface area contributed by atoms with Crippen LogP contribution in [0.4, 0.5) is 0 Å². The van der Waals surface area contributed by atoms with E-state index >= 15 is 0 Å². The molecule has 0 amide bonds. The molecule has 2 heterocycles. The fraction of sp³-hybridized carbons (Fsp3) is 0.471. The number of halogens is 1. The first-order valence-corrected chi connectivity index (χ1v) is 8.06.